The van der Waals surface area contributed by atoms with Gasteiger partial charge in [0.15, 0.2) is 11.5 Å². The molecule has 5 rings (SSSR count). The first-order valence-corrected chi connectivity index (χ1v) is 15.7. The van der Waals surface area contributed by atoms with Gasteiger partial charge in [-0.05, 0) is 55.5 Å². The van der Waals surface area contributed by atoms with E-state index >= 15 is 0 Å². The average Bonchev–Trinajstić information content (AvgIpc) is 3.39. The third kappa shape index (κ3) is 8.50. The fraction of sp³-hybridized carbons (Fsp3) is 0.364. The van der Waals surface area contributed by atoms with Gasteiger partial charge in [-0.3, -0.25) is 14.6 Å². The molecule has 14 heteroatoms. The van der Waals surface area contributed by atoms with E-state index in [9.17, 15) is 19.8 Å². The van der Waals surface area contributed by atoms with E-state index in [2.05, 4.69) is 26.4 Å². The molecule has 2 amide bonds. The molecule has 0 spiro atoms. The second kappa shape index (κ2) is 15.9. The van der Waals surface area contributed by atoms with Crippen molar-refractivity contribution in [1.82, 2.24) is 21.5 Å². The minimum Gasteiger partial charge on any atom is -0.504 e. The molecule has 0 saturated carbocycles. The van der Waals surface area contributed by atoms with Crippen LogP contribution in [0.4, 0.5) is 5.69 Å². The third-order valence-corrected chi connectivity index (χ3v) is 8.03. The number of methoxy groups -OCH3 is 1. The molecule has 1 fully saturated rings. The standard InChI is InChI=1S/C33H39ClN6O7/c1-20-38-39-32-26(37-31(21-3-6-23(34)7-4-21)25-18-24(45-2)8-9-27(25)40(20)32)19-30(43)35-11-13-46-15-16-47-14-12-36-33(44)22-5-10-28(41)29(42)17-22/h3-10,17-18,20,26,32,38-39,41-42H,11-16,19H2,1-2H3,(H,35,43)(H,36,44). The van der Waals surface area contributed by atoms with Gasteiger partial charge in [-0.15, -0.1) is 0 Å². The fourth-order valence-electron chi connectivity index (χ4n) is 5.43. The highest BCUT2D eigenvalue weighted by Crippen LogP contribution is 2.36. The summed E-state index contributed by atoms with van der Waals surface area (Å²) in [5.41, 5.74) is 10.3. The number of phenols is 2. The van der Waals surface area contributed by atoms with Crippen LogP contribution in [0.2, 0.25) is 5.02 Å². The number of anilines is 1. The fourth-order valence-corrected chi connectivity index (χ4v) is 5.56. The number of hydrogen-bond donors (Lipinski definition) is 6. The summed E-state index contributed by atoms with van der Waals surface area (Å²) in [4.78, 5) is 32.6. The predicted octanol–water partition coefficient (Wildman–Crippen LogP) is 2.54. The van der Waals surface area contributed by atoms with Crippen LogP contribution in [-0.2, 0) is 14.3 Å². The molecule has 47 heavy (non-hydrogen) atoms. The maximum atomic E-state index is 13.1. The minimum absolute atomic E-state index is 0.0573. The van der Waals surface area contributed by atoms with Crippen LogP contribution < -0.4 is 31.1 Å². The van der Waals surface area contributed by atoms with Crippen molar-refractivity contribution in [3.63, 3.8) is 0 Å². The Kier molecular flexibility index (Phi) is 11.5. The predicted molar refractivity (Wildman–Crippen MR) is 177 cm³/mol. The van der Waals surface area contributed by atoms with E-state index in [-0.39, 0.29) is 54.9 Å². The first kappa shape index (κ1) is 33.9. The molecular formula is C33H39ClN6O7. The first-order chi connectivity index (χ1) is 22.7. The number of aliphatic imine (C=N–C) groups is 1. The van der Waals surface area contributed by atoms with Crippen molar-refractivity contribution in [1.29, 1.82) is 0 Å². The van der Waals surface area contributed by atoms with Crippen molar-refractivity contribution in [2.24, 2.45) is 4.99 Å². The Morgan fingerprint density at radius 2 is 1.64 bits per heavy atom. The molecule has 6 N–H and O–H groups in total. The summed E-state index contributed by atoms with van der Waals surface area (Å²) >= 11 is 6.19. The van der Waals surface area contributed by atoms with Gasteiger partial charge in [-0.1, -0.05) is 23.7 Å². The van der Waals surface area contributed by atoms with E-state index in [1.807, 2.05) is 49.4 Å². The zero-order valence-electron chi connectivity index (χ0n) is 26.2. The van der Waals surface area contributed by atoms with Crippen LogP contribution in [0, 0.1) is 0 Å². The lowest BCUT2D eigenvalue weighted by atomic mass is 9.99. The van der Waals surface area contributed by atoms with E-state index in [1.165, 1.54) is 18.2 Å². The van der Waals surface area contributed by atoms with Gasteiger partial charge < -0.3 is 40.0 Å². The Morgan fingerprint density at radius 3 is 2.34 bits per heavy atom. The van der Waals surface area contributed by atoms with Gasteiger partial charge in [0.05, 0.1) is 57.9 Å². The molecule has 2 aliphatic rings. The number of hydrazine groups is 1. The number of rotatable bonds is 14. The van der Waals surface area contributed by atoms with Crippen LogP contribution in [0.5, 0.6) is 17.2 Å². The van der Waals surface area contributed by atoms with E-state index < -0.39 is 11.9 Å². The zero-order valence-corrected chi connectivity index (χ0v) is 26.9. The normalized spacial score (nSPS) is 18.5. The molecule has 3 unspecified atom stereocenters. The van der Waals surface area contributed by atoms with E-state index in [0.29, 0.717) is 37.1 Å². The molecule has 1 saturated heterocycles. The highest BCUT2D eigenvalue weighted by molar-refractivity contribution is 6.30. The number of halogens is 1. The number of phenolic OH excluding ortho intramolecular Hbond substituents is 2. The van der Waals surface area contributed by atoms with Crippen molar-refractivity contribution >= 4 is 34.8 Å². The van der Waals surface area contributed by atoms with Gasteiger partial charge in [-0.2, -0.15) is 0 Å². The molecule has 3 atom stereocenters. The van der Waals surface area contributed by atoms with Crippen LogP contribution in [0.25, 0.3) is 0 Å². The molecule has 0 bridgehead atoms. The van der Waals surface area contributed by atoms with Gasteiger partial charge >= 0.3 is 0 Å². The number of carbonyl (C=O) groups is 2. The van der Waals surface area contributed by atoms with Crippen molar-refractivity contribution < 1.29 is 34.0 Å². The average molecular weight is 667 g/mol. The monoisotopic (exact) mass is 666 g/mol. The van der Waals surface area contributed by atoms with Crippen molar-refractivity contribution in [2.75, 3.05) is 51.5 Å². The molecule has 250 valence electrons. The molecule has 0 radical (unpaired) electrons. The Hall–Kier alpha value is -4.40. The minimum atomic E-state index is -0.425. The molecule has 0 aliphatic carbocycles. The van der Waals surface area contributed by atoms with Crippen molar-refractivity contribution in [3.05, 3.63) is 82.4 Å². The molecule has 3 aromatic rings. The lowest BCUT2D eigenvalue weighted by Crippen LogP contribution is -2.48. The summed E-state index contributed by atoms with van der Waals surface area (Å²) in [7, 11) is 1.63. The third-order valence-electron chi connectivity index (χ3n) is 7.78. The number of ether oxygens (including phenoxy) is 3. The van der Waals surface area contributed by atoms with E-state index in [4.69, 9.17) is 30.8 Å². The molecule has 13 nitrogen and oxygen atoms in total. The van der Waals surface area contributed by atoms with Gasteiger partial charge in [0, 0.05) is 40.5 Å². The summed E-state index contributed by atoms with van der Waals surface area (Å²) in [5, 5.41) is 25.1. The van der Waals surface area contributed by atoms with Gasteiger partial charge in [0.1, 0.15) is 11.9 Å². The van der Waals surface area contributed by atoms with Crippen LogP contribution in [0.15, 0.2) is 65.7 Å². The number of fused-ring (bicyclic) bond motifs is 3. The lowest BCUT2D eigenvalue weighted by Gasteiger charge is -2.31. The largest absolute Gasteiger partial charge is 0.504 e. The molecule has 2 aliphatic heterocycles. The maximum Gasteiger partial charge on any atom is 0.251 e. The van der Waals surface area contributed by atoms with Crippen molar-refractivity contribution in [2.45, 2.75) is 31.7 Å². The number of amides is 2. The number of aromatic hydroxyl groups is 2. The summed E-state index contributed by atoms with van der Waals surface area (Å²) in [6.07, 6.45) is -0.194. The van der Waals surface area contributed by atoms with E-state index in [1.54, 1.807) is 7.11 Å². The Bertz CT molecular complexity index is 1590. The van der Waals surface area contributed by atoms with Crippen LogP contribution in [0.3, 0.4) is 0 Å². The summed E-state index contributed by atoms with van der Waals surface area (Å²) < 4.78 is 16.6. The second-order valence-corrected chi connectivity index (χ2v) is 11.4. The Balaban J connectivity index is 1.10. The SMILES string of the molecule is COc1ccc2c(c1)C(c1ccc(Cl)cc1)=NC(CC(=O)NCCOCCOCCNC(=O)c1ccc(O)c(O)c1)C1NNC(C)N21. The second-order valence-electron chi connectivity index (χ2n) is 11.0. The van der Waals surface area contributed by atoms with Crippen LogP contribution >= 0.6 is 11.6 Å². The number of nitrogens with one attached hydrogen (secondary N) is 4. The highest BCUT2D eigenvalue weighted by Gasteiger charge is 2.40. The van der Waals surface area contributed by atoms with Gasteiger partial charge in [0.2, 0.25) is 5.91 Å². The quantitative estimate of drug-likeness (QED) is 0.111. The zero-order chi connectivity index (χ0) is 33.3. The molecular weight excluding hydrogens is 628 g/mol. The lowest BCUT2D eigenvalue weighted by molar-refractivity contribution is -0.121. The number of nitrogens with zero attached hydrogens (tertiary/aromatic N) is 2. The van der Waals surface area contributed by atoms with Crippen molar-refractivity contribution in [3.8, 4) is 17.2 Å². The summed E-state index contributed by atoms with van der Waals surface area (Å²) in [6, 6.07) is 16.8. The number of carbonyl (C=O) groups excluding carboxylic acids is 2. The number of benzene rings is 3. The summed E-state index contributed by atoms with van der Waals surface area (Å²) in [5.74, 6) is -0.494. The van der Waals surface area contributed by atoms with Gasteiger partial charge in [-0.25, -0.2) is 10.9 Å². The molecule has 3 aromatic carbocycles. The Labute approximate surface area is 277 Å². The van der Waals surface area contributed by atoms with Gasteiger partial charge in [0.25, 0.3) is 5.91 Å². The maximum absolute atomic E-state index is 13.1. The van der Waals surface area contributed by atoms with Crippen LogP contribution in [0.1, 0.15) is 34.8 Å². The Morgan fingerprint density at radius 1 is 0.915 bits per heavy atom. The molecule has 2 heterocycles. The van der Waals surface area contributed by atoms with Crippen LogP contribution in [-0.4, -0.2) is 92.7 Å². The topological polar surface area (TPSA) is 166 Å². The summed E-state index contributed by atoms with van der Waals surface area (Å²) in [6.45, 7) is 3.84. The number of hydrogen-bond acceptors (Lipinski definition) is 11. The molecule has 0 aromatic heterocycles. The first-order valence-electron chi connectivity index (χ1n) is 15.3. The smallest absolute Gasteiger partial charge is 0.251 e. The van der Waals surface area contributed by atoms with E-state index in [0.717, 1.165) is 22.5 Å². The highest BCUT2D eigenvalue weighted by atomic mass is 35.5.